The molecule has 2 aromatic rings. The highest BCUT2D eigenvalue weighted by atomic mass is 32.2. The van der Waals surface area contributed by atoms with Gasteiger partial charge >= 0.3 is 0 Å². The predicted molar refractivity (Wildman–Crippen MR) is 95.8 cm³/mol. The molecule has 2 unspecified atom stereocenters. The van der Waals surface area contributed by atoms with Crippen molar-refractivity contribution in [1.82, 2.24) is 10.6 Å². The monoisotopic (exact) mass is 340 g/mol. The van der Waals surface area contributed by atoms with Gasteiger partial charge in [0.2, 0.25) is 11.8 Å². The minimum Gasteiger partial charge on any atom is -0.350 e. The van der Waals surface area contributed by atoms with Gasteiger partial charge < -0.3 is 10.6 Å². The van der Waals surface area contributed by atoms with E-state index in [9.17, 15) is 9.59 Å². The van der Waals surface area contributed by atoms with Crippen LogP contribution >= 0.6 is 11.8 Å². The van der Waals surface area contributed by atoms with Gasteiger partial charge in [-0.05, 0) is 24.1 Å². The van der Waals surface area contributed by atoms with Crippen molar-refractivity contribution < 1.29 is 9.59 Å². The summed E-state index contributed by atoms with van der Waals surface area (Å²) in [6, 6.07) is 17.1. The molecule has 0 aliphatic carbocycles. The van der Waals surface area contributed by atoms with Crippen LogP contribution in [0.25, 0.3) is 0 Å². The van der Waals surface area contributed by atoms with E-state index < -0.39 is 6.04 Å². The highest BCUT2D eigenvalue weighted by Crippen LogP contribution is 2.39. The van der Waals surface area contributed by atoms with Crippen molar-refractivity contribution in [2.45, 2.75) is 30.3 Å². The number of amides is 2. The van der Waals surface area contributed by atoms with Crippen molar-refractivity contribution in [3.05, 3.63) is 65.7 Å². The molecule has 2 amide bonds. The first-order valence-corrected chi connectivity index (χ1v) is 8.97. The lowest BCUT2D eigenvalue weighted by atomic mass is 10.0. The van der Waals surface area contributed by atoms with Crippen LogP contribution in [0.4, 0.5) is 0 Å². The van der Waals surface area contributed by atoms with E-state index >= 15 is 0 Å². The third kappa shape index (κ3) is 3.79. The fraction of sp³-hybridized carbons (Fsp3) is 0.263. The number of thioether (sulfide) groups is 1. The Morgan fingerprint density at radius 2 is 1.83 bits per heavy atom. The van der Waals surface area contributed by atoms with Crippen LogP contribution in [0, 0.1) is 0 Å². The highest BCUT2D eigenvalue weighted by Gasteiger charge is 2.30. The van der Waals surface area contributed by atoms with E-state index in [1.165, 1.54) is 0 Å². The van der Waals surface area contributed by atoms with Gasteiger partial charge in [-0.2, -0.15) is 0 Å². The summed E-state index contributed by atoms with van der Waals surface area (Å²) in [6.45, 7) is 2.17. The summed E-state index contributed by atoms with van der Waals surface area (Å²) in [7, 11) is 0. The molecule has 1 heterocycles. The molecule has 2 N–H and O–H groups in total. The zero-order chi connectivity index (χ0) is 16.9. The molecule has 4 nitrogen and oxygen atoms in total. The molecule has 2 aromatic carbocycles. The molecule has 1 aliphatic rings. The second-order valence-corrected chi connectivity index (χ2v) is 6.90. The van der Waals surface area contributed by atoms with Crippen molar-refractivity contribution >= 4 is 23.6 Å². The van der Waals surface area contributed by atoms with Crippen LogP contribution in [0.1, 0.15) is 24.0 Å². The molecular formula is C19H20N2O2S. The smallest absolute Gasteiger partial charge is 0.242 e. The normalized spacial score (nSPS) is 17.0. The number of hydrogen-bond donors (Lipinski definition) is 2. The second-order valence-electron chi connectivity index (χ2n) is 5.84. The summed E-state index contributed by atoms with van der Waals surface area (Å²) < 4.78 is 0. The first-order valence-electron chi connectivity index (χ1n) is 7.99. The predicted octanol–water partition coefficient (Wildman–Crippen LogP) is 2.70. The number of rotatable bonds is 5. The van der Waals surface area contributed by atoms with Gasteiger partial charge in [-0.25, -0.2) is 0 Å². The second kappa shape index (κ2) is 7.53. The molecular weight excluding hydrogens is 320 g/mol. The zero-order valence-electron chi connectivity index (χ0n) is 13.5. The Morgan fingerprint density at radius 3 is 2.62 bits per heavy atom. The molecule has 124 valence electrons. The van der Waals surface area contributed by atoms with Gasteiger partial charge in [0, 0.05) is 17.2 Å². The maximum Gasteiger partial charge on any atom is 0.242 e. The van der Waals surface area contributed by atoms with E-state index in [1.54, 1.807) is 18.7 Å². The van der Waals surface area contributed by atoms with E-state index in [0.29, 0.717) is 6.54 Å². The summed E-state index contributed by atoms with van der Waals surface area (Å²) in [4.78, 5) is 25.8. The summed E-state index contributed by atoms with van der Waals surface area (Å²) in [5.74, 6) is 0.278. The molecule has 5 heteroatoms. The molecule has 1 aliphatic heterocycles. The summed E-state index contributed by atoms with van der Waals surface area (Å²) in [5.41, 5.74) is 2.09. The van der Waals surface area contributed by atoms with Crippen molar-refractivity contribution in [3.63, 3.8) is 0 Å². The average Bonchev–Trinajstić information content (AvgIpc) is 3.04. The Balaban J connectivity index is 1.54. The number of fused-ring (bicyclic) bond motifs is 1. The Labute approximate surface area is 146 Å². The van der Waals surface area contributed by atoms with Gasteiger partial charge in [-0.3, -0.25) is 9.59 Å². The molecule has 0 saturated carbocycles. The zero-order valence-corrected chi connectivity index (χ0v) is 14.3. The van der Waals surface area contributed by atoms with Gasteiger partial charge in [0.05, 0.1) is 5.92 Å². The lowest BCUT2D eigenvalue weighted by Gasteiger charge is -2.17. The average molecular weight is 340 g/mol. The lowest BCUT2D eigenvalue weighted by molar-refractivity contribution is -0.129. The third-order valence-electron chi connectivity index (χ3n) is 4.08. The van der Waals surface area contributed by atoms with Crippen LogP contribution < -0.4 is 10.6 Å². The minimum atomic E-state index is -0.557. The summed E-state index contributed by atoms with van der Waals surface area (Å²) in [5, 5.41) is 5.69. The lowest BCUT2D eigenvalue weighted by Crippen LogP contribution is -2.46. The van der Waals surface area contributed by atoms with Crippen LogP contribution in [0.5, 0.6) is 0 Å². The van der Waals surface area contributed by atoms with Crippen LogP contribution in [0.3, 0.4) is 0 Å². The Morgan fingerprint density at radius 1 is 1.12 bits per heavy atom. The first kappa shape index (κ1) is 16.6. The van der Waals surface area contributed by atoms with Crippen molar-refractivity contribution in [3.8, 4) is 0 Å². The number of carbonyl (C=O) groups excluding carboxylic acids is 2. The molecule has 0 radical (unpaired) electrons. The molecule has 0 bridgehead atoms. The molecule has 2 atom stereocenters. The SMILES string of the molecule is CC(NC(=O)C1CSc2ccccc21)C(=O)NCc1ccccc1. The number of nitrogens with one attached hydrogen (secondary N) is 2. The summed E-state index contributed by atoms with van der Waals surface area (Å²) >= 11 is 1.69. The van der Waals surface area contributed by atoms with Crippen LogP contribution in [-0.4, -0.2) is 23.6 Å². The van der Waals surface area contributed by atoms with E-state index in [4.69, 9.17) is 0 Å². The third-order valence-corrected chi connectivity index (χ3v) is 5.26. The standard InChI is InChI=1S/C19H20N2O2S/c1-13(18(22)20-11-14-7-3-2-4-8-14)21-19(23)16-12-24-17-10-6-5-9-15(16)17/h2-10,13,16H,11-12H2,1H3,(H,20,22)(H,21,23). The van der Waals surface area contributed by atoms with Gasteiger partial charge in [0.1, 0.15) is 6.04 Å². The molecule has 3 rings (SSSR count). The molecule has 0 aromatic heterocycles. The fourth-order valence-corrected chi connectivity index (χ4v) is 3.93. The van der Waals surface area contributed by atoms with Crippen molar-refractivity contribution in [2.24, 2.45) is 0 Å². The first-order chi connectivity index (χ1) is 11.6. The molecule has 24 heavy (non-hydrogen) atoms. The number of hydrogen-bond acceptors (Lipinski definition) is 3. The van der Waals surface area contributed by atoms with E-state index in [1.807, 2.05) is 54.6 Å². The molecule has 0 spiro atoms. The Hall–Kier alpha value is -2.27. The van der Waals surface area contributed by atoms with Gasteiger partial charge in [-0.1, -0.05) is 48.5 Å². The number of benzene rings is 2. The Kier molecular flexibility index (Phi) is 5.20. The quantitative estimate of drug-likeness (QED) is 0.880. The van der Waals surface area contributed by atoms with Crippen LogP contribution in [0.15, 0.2) is 59.5 Å². The van der Waals surface area contributed by atoms with Crippen LogP contribution in [-0.2, 0) is 16.1 Å². The van der Waals surface area contributed by atoms with Gasteiger partial charge in [0.25, 0.3) is 0 Å². The van der Waals surface area contributed by atoms with Crippen LogP contribution in [0.2, 0.25) is 0 Å². The molecule has 0 saturated heterocycles. The van der Waals surface area contributed by atoms with Gasteiger partial charge in [0.15, 0.2) is 0 Å². The van der Waals surface area contributed by atoms with E-state index in [-0.39, 0.29) is 17.7 Å². The minimum absolute atomic E-state index is 0.0881. The fourth-order valence-electron chi connectivity index (χ4n) is 2.70. The topological polar surface area (TPSA) is 58.2 Å². The van der Waals surface area contributed by atoms with E-state index in [2.05, 4.69) is 10.6 Å². The van der Waals surface area contributed by atoms with Gasteiger partial charge in [-0.15, -0.1) is 11.8 Å². The molecule has 0 fully saturated rings. The van der Waals surface area contributed by atoms with Crippen molar-refractivity contribution in [1.29, 1.82) is 0 Å². The summed E-state index contributed by atoms with van der Waals surface area (Å²) in [6.07, 6.45) is 0. The van der Waals surface area contributed by atoms with Crippen molar-refractivity contribution in [2.75, 3.05) is 5.75 Å². The number of carbonyl (C=O) groups is 2. The Bertz CT molecular complexity index is 733. The highest BCUT2D eigenvalue weighted by molar-refractivity contribution is 7.99. The maximum absolute atomic E-state index is 12.5. The van der Waals surface area contributed by atoms with E-state index in [0.717, 1.165) is 21.8 Å². The largest absolute Gasteiger partial charge is 0.350 e. The maximum atomic E-state index is 12.5.